The predicted octanol–water partition coefficient (Wildman–Crippen LogP) is 0.739. The number of hydrogen-bond donors (Lipinski definition) is 0. The largest absolute Gasteiger partial charge is 0.468 e. The number of ether oxygens (including phenoxy) is 1. The number of halogens is 1. The molecule has 0 saturated heterocycles. The molecule has 0 fully saturated rings. The van der Waals surface area contributed by atoms with Crippen molar-refractivity contribution >= 4 is 26.5 Å². The molecular weight excluding hydrogens is 209 g/mol. The summed E-state index contributed by atoms with van der Waals surface area (Å²) in [5.74, 6) is 0. The van der Waals surface area contributed by atoms with Crippen LogP contribution in [0.1, 0.15) is 0 Å². The van der Waals surface area contributed by atoms with Gasteiger partial charge < -0.3 is 9.57 Å². The molecule has 7 heavy (non-hydrogen) atoms. The maximum atomic E-state index is 4.89. The molecule has 0 aromatic rings. The second kappa shape index (κ2) is 2.34. The highest BCUT2D eigenvalue weighted by Gasteiger charge is 1.99. The first kappa shape index (κ1) is 5.14. The Kier molecular flexibility index (Phi) is 1.72. The van der Waals surface area contributed by atoms with Crippen LogP contribution in [0.25, 0.3) is 0 Å². The molecular formula is C3H4INO2. The highest BCUT2D eigenvalue weighted by Crippen LogP contribution is 1.98. The summed E-state index contributed by atoms with van der Waals surface area (Å²) in [4.78, 5) is 4.64. The Bertz CT molecular complexity index is 92.9. The van der Waals surface area contributed by atoms with Gasteiger partial charge in [0, 0.05) is 22.6 Å². The van der Waals surface area contributed by atoms with Gasteiger partial charge in [0.2, 0.25) is 0 Å². The van der Waals surface area contributed by atoms with E-state index in [-0.39, 0.29) is 0 Å². The molecule has 0 unspecified atom stereocenters. The summed E-state index contributed by atoms with van der Waals surface area (Å²) in [5.41, 5.74) is 0. The lowest BCUT2D eigenvalue weighted by Gasteiger charge is -2.07. The molecule has 40 valence electrons. The second-order valence-corrected chi connectivity index (χ2v) is 1.95. The third kappa shape index (κ3) is 1.50. The van der Waals surface area contributed by atoms with Crippen molar-refractivity contribution in [3.63, 3.8) is 0 Å². The second-order valence-electron chi connectivity index (χ2n) is 1.03. The van der Waals surface area contributed by atoms with Gasteiger partial charge in [0.1, 0.15) is 6.61 Å². The zero-order valence-corrected chi connectivity index (χ0v) is 5.71. The minimum absolute atomic E-state index is 0.576. The van der Waals surface area contributed by atoms with Crippen molar-refractivity contribution in [1.82, 2.24) is 0 Å². The Hall–Kier alpha value is -0.0000000000000000555. The first-order chi connectivity index (χ1) is 3.39. The van der Waals surface area contributed by atoms with Gasteiger partial charge in [-0.25, -0.2) is 0 Å². The van der Waals surface area contributed by atoms with E-state index in [2.05, 4.69) is 9.99 Å². The highest BCUT2D eigenvalue weighted by molar-refractivity contribution is 14.1. The van der Waals surface area contributed by atoms with Crippen molar-refractivity contribution in [2.75, 3.05) is 13.2 Å². The van der Waals surface area contributed by atoms with Crippen molar-refractivity contribution in [3.05, 3.63) is 0 Å². The quantitative estimate of drug-likeness (QED) is 0.555. The van der Waals surface area contributed by atoms with Crippen LogP contribution in [-0.4, -0.2) is 17.1 Å². The summed E-state index contributed by atoms with van der Waals surface area (Å²) in [6, 6.07) is 0. The lowest BCUT2D eigenvalue weighted by atomic mass is 10.8. The molecule has 1 aliphatic rings. The molecule has 0 aromatic carbocycles. The van der Waals surface area contributed by atoms with E-state index in [1.54, 1.807) is 0 Å². The zero-order chi connectivity index (χ0) is 5.11. The maximum Gasteiger partial charge on any atom is 0.287 e. The van der Waals surface area contributed by atoms with Crippen LogP contribution in [0.3, 0.4) is 0 Å². The van der Waals surface area contributed by atoms with Crippen molar-refractivity contribution < 1.29 is 9.57 Å². The summed E-state index contributed by atoms with van der Waals surface area (Å²) >= 11 is 1.96. The summed E-state index contributed by atoms with van der Waals surface area (Å²) in [5, 5.41) is 3.51. The molecule has 4 heteroatoms. The monoisotopic (exact) mass is 213 g/mol. The van der Waals surface area contributed by atoms with Gasteiger partial charge in [0.05, 0.1) is 0 Å². The van der Waals surface area contributed by atoms with Crippen molar-refractivity contribution in [2.45, 2.75) is 0 Å². The summed E-state index contributed by atoms with van der Waals surface area (Å²) < 4.78 is 5.48. The normalized spacial score (nSPS) is 19.3. The molecule has 0 atom stereocenters. The fourth-order valence-electron chi connectivity index (χ4n) is 0.286. The fraction of sp³-hybridized carbons (Fsp3) is 0.667. The maximum absolute atomic E-state index is 4.89. The minimum atomic E-state index is 0.576. The summed E-state index contributed by atoms with van der Waals surface area (Å²) in [7, 11) is 0. The molecule has 0 saturated carbocycles. The fourth-order valence-corrected chi connectivity index (χ4v) is 0.645. The van der Waals surface area contributed by atoms with E-state index in [4.69, 9.17) is 4.74 Å². The number of hydrogen-bond acceptors (Lipinski definition) is 3. The van der Waals surface area contributed by atoms with E-state index in [1.165, 1.54) is 0 Å². The third-order valence-corrected chi connectivity index (χ3v) is 1.04. The number of oxime groups is 1. The van der Waals surface area contributed by atoms with Gasteiger partial charge in [-0.05, 0) is 5.16 Å². The van der Waals surface area contributed by atoms with Crippen LogP contribution in [0.5, 0.6) is 0 Å². The molecule has 0 aliphatic carbocycles. The number of nitrogens with zero attached hydrogens (tertiary/aromatic N) is 1. The molecule has 1 aliphatic heterocycles. The van der Waals surface area contributed by atoms with Crippen molar-refractivity contribution in [2.24, 2.45) is 5.16 Å². The first-order valence-electron chi connectivity index (χ1n) is 1.88. The van der Waals surface area contributed by atoms with Gasteiger partial charge in [-0.1, -0.05) is 0 Å². The lowest BCUT2D eigenvalue weighted by molar-refractivity contribution is 0.0706. The van der Waals surface area contributed by atoms with Crippen molar-refractivity contribution in [3.8, 4) is 0 Å². The van der Waals surface area contributed by atoms with Gasteiger partial charge in [0.15, 0.2) is 6.61 Å². The Morgan fingerprint density at radius 2 is 2.43 bits per heavy atom. The van der Waals surface area contributed by atoms with Crippen LogP contribution in [0.4, 0.5) is 0 Å². The van der Waals surface area contributed by atoms with Gasteiger partial charge in [-0.2, -0.15) is 0 Å². The highest BCUT2D eigenvalue weighted by atomic mass is 127. The molecule has 0 bridgehead atoms. The van der Waals surface area contributed by atoms with E-state index in [1.807, 2.05) is 22.6 Å². The van der Waals surface area contributed by atoms with Crippen LogP contribution in [-0.2, 0) is 9.57 Å². The van der Waals surface area contributed by atoms with E-state index >= 15 is 0 Å². The SMILES string of the molecule is IC1=NOCCO1. The van der Waals surface area contributed by atoms with Crippen LogP contribution in [0.2, 0.25) is 0 Å². The lowest BCUT2D eigenvalue weighted by Crippen LogP contribution is -2.10. The number of rotatable bonds is 0. The standard InChI is InChI=1S/C3H4INO2/c4-3-5-7-2-1-6-3/h1-2H2. The van der Waals surface area contributed by atoms with Gasteiger partial charge in [0.25, 0.3) is 3.90 Å². The molecule has 0 radical (unpaired) electrons. The van der Waals surface area contributed by atoms with Crippen molar-refractivity contribution in [1.29, 1.82) is 0 Å². The molecule has 3 nitrogen and oxygen atoms in total. The zero-order valence-electron chi connectivity index (χ0n) is 3.56. The first-order valence-corrected chi connectivity index (χ1v) is 2.96. The molecule has 0 amide bonds. The molecule has 0 spiro atoms. The minimum Gasteiger partial charge on any atom is -0.468 e. The van der Waals surface area contributed by atoms with E-state index in [9.17, 15) is 0 Å². The smallest absolute Gasteiger partial charge is 0.287 e. The van der Waals surface area contributed by atoms with E-state index in [0.29, 0.717) is 17.1 Å². The predicted molar refractivity (Wildman–Crippen MR) is 33.4 cm³/mol. The Morgan fingerprint density at radius 1 is 1.57 bits per heavy atom. The molecule has 1 heterocycles. The summed E-state index contributed by atoms with van der Waals surface area (Å²) in [6.07, 6.45) is 0. The van der Waals surface area contributed by atoms with Gasteiger partial charge in [-0.3, -0.25) is 0 Å². The van der Waals surface area contributed by atoms with Crippen LogP contribution in [0, 0.1) is 0 Å². The Morgan fingerprint density at radius 3 is 2.71 bits per heavy atom. The topological polar surface area (TPSA) is 30.8 Å². The van der Waals surface area contributed by atoms with Crippen LogP contribution < -0.4 is 0 Å². The summed E-state index contributed by atoms with van der Waals surface area (Å²) in [6.45, 7) is 1.20. The Balaban J connectivity index is 2.40. The Labute approximate surface area is 54.8 Å². The third-order valence-electron chi connectivity index (χ3n) is 0.532. The van der Waals surface area contributed by atoms with Crippen LogP contribution >= 0.6 is 22.6 Å². The van der Waals surface area contributed by atoms with Gasteiger partial charge >= 0.3 is 0 Å². The van der Waals surface area contributed by atoms with E-state index < -0.39 is 0 Å². The molecule has 1 rings (SSSR count). The van der Waals surface area contributed by atoms with E-state index in [0.717, 1.165) is 0 Å². The van der Waals surface area contributed by atoms with Gasteiger partial charge in [-0.15, -0.1) is 0 Å². The molecule has 0 N–H and O–H groups in total. The molecule has 0 aromatic heterocycles. The average Bonchev–Trinajstić information content (AvgIpc) is 1.69. The van der Waals surface area contributed by atoms with Crippen LogP contribution in [0.15, 0.2) is 5.16 Å². The average molecular weight is 213 g/mol.